The van der Waals surface area contributed by atoms with Gasteiger partial charge in [-0.15, -0.1) is 0 Å². The highest BCUT2D eigenvalue weighted by atomic mass is 16.3. The predicted octanol–water partition coefficient (Wildman–Crippen LogP) is 35.4. The summed E-state index contributed by atoms with van der Waals surface area (Å²) in [7, 11) is 0. The fraction of sp³-hybridized carbons (Fsp3) is 0. The van der Waals surface area contributed by atoms with E-state index in [1.807, 2.05) is 12.1 Å². The van der Waals surface area contributed by atoms with Gasteiger partial charge >= 0.3 is 0 Å². The van der Waals surface area contributed by atoms with E-state index < -0.39 is 0 Å². The van der Waals surface area contributed by atoms with E-state index in [-0.39, 0.29) is 0 Å². The highest BCUT2D eigenvalue weighted by molar-refractivity contribution is 6.41. The lowest BCUT2D eigenvalue weighted by Crippen LogP contribution is -2.01. The maximum Gasteiger partial charge on any atom is 0.146 e. The summed E-state index contributed by atoms with van der Waals surface area (Å²) < 4.78 is 30.2. The minimum Gasteiger partial charge on any atom is -0.455 e. The molecule has 10 nitrogen and oxygen atoms in total. The van der Waals surface area contributed by atoms with Gasteiger partial charge in [0.1, 0.15) is 28.2 Å². The molecule has 0 fully saturated rings. The van der Waals surface area contributed by atoms with Crippen molar-refractivity contribution >= 4 is 186 Å². The summed E-state index contributed by atoms with van der Waals surface area (Å²) in [6.07, 6.45) is 0. The molecule has 9 aromatic heterocycles. The molecule has 0 atom stereocenters. The second-order valence-corrected chi connectivity index (χ2v) is 37.0. The number of furan rings is 2. The zero-order chi connectivity index (χ0) is 93.8. The second-order valence-electron chi connectivity index (χ2n) is 37.0. The van der Waals surface area contributed by atoms with Gasteiger partial charge in [-0.3, -0.25) is 4.57 Å². The van der Waals surface area contributed by atoms with E-state index in [2.05, 4.69) is 529 Å². The molecule has 0 amide bonds. The van der Waals surface area contributed by atoms with Gasteiger partial charge in [-0.1, -0.05) is 340 Å². The van der Waals surface area contributed by atoms with Crippen LogP contribution in [0.4, 0.5) is 0 Å². The van der Waals surface area contributed by atoms with Crippen LogP contribution in [-0.4, -0.2) is 37.0 Å². The SMILES string of the molecule is c1ccc(-c2ccc3c(c2)c2c(-c4ccccc4-c4nc5ccccc5n4-c4ccccc4)cccc2n3-c2ccccc2)cc1.c1ccc(-n2c3ccccc3c3c2c2c4ccccc4n(-c4ccccc4)c2c2c4ccccc4n(-c4ccccc4)c32)cc1.c1ccc(-n2c3ccccc3c3c4oc5ccccc5c4ccc32)c(-c2ccccc2-n2c3ccccc3c3c4oc5ccccc5c4ccc32)c1. The van der Waals surface area contributed by atoms with E-state index in [1.54, 1.807) is 0 Å². The Bertz CT molecular complexity index is 9990. The Kier molecular flexibility index (Phi) is 18.5. The van der Waals surface area contributed by atoms with E-state index in [0.29, 0.717) is 0 Å². The van der Waals surface area contributed by atoms with Crippen molar-refractivity contribution in [1.82, 2.24) is 37.0 Å². The minimum absolute atomic E-state index is 0.905. The van der Waals surface area contributed by atoms with Crippen LogP contribution in [0, 0.1) is 0 Å². The fourth-order valence-electron chi connectivity index (χ4n) is 23.4. The maximum absolute atomic E-state index is 6.61. The van der Waals surface area contributed by atoms with Crippen LogP contribution in [0.3, 0.4) is 0 Å². The van der Waals surface area contributed by atoms with Crippen LogP contribution in [0.15, 0.2) is 518 Å². The highest BCUT2D eigenvalue weighted by Gasteiger charge is 2.32. The molecule has 0 bridgehead atoms. The van der Waals surface area contributed by atoms with Gasteiger partial charge in [0.15, 0.2) is 0 Å². The lowest BCUT2D eigenvalue weighted by atomic mass is 9.94. The van der Waals surface area contributed by atoms with Crippen LogP contribution in [0.25, 0.3) is 270 Å². The standard InChI is InChI=1S/C48H28N2O2.C43H29N3.C42H27N3/c1-7-19-37(49-39-21-9-3-17-35(39)45-41(49)27-25-33-31-15-5-11-23-43(31)51-47(33)45)29(13-1)30-14-2-8-20-38(30)50-40-22-10-4-18-36(40)46-42(50)28-26-34-32-16-6-12-24-44(32)52-48(34)46;1-4-15-30(16-5-1)31-27-28-39-37(29-31)42-35(23-14-26-41(42)45(39)32-17-6-2-7-18-32)34-21-10-11-22-36(34)43-44-38-24-12-13-25-40(38)46(43)33-19-8-3-9-20-33;1-4-16-28(17-5-1)43-34-25-13-10-22-31(34)37-40(43)38-32-23-11-14-26-35(32)44(29-18-6-2-7-19-29)42(38)39-33-24-12-15-27-36(33)45(41(37)39)30-20-8-3-9-21-30/h1-28H;1-29H;1-27H. The number of aromatic nitrogens is 8. The monoisotopic (exact) mass is 1820 g/mol. The first kappa shape index (κ1) is 80.9. The predicted molar refractivity (Wildman–Crippen MR) is 596 cm³/mol. The molecule has 0 unspecified atom stereocenters. The van der Waals surface area contributed by atoms with Gasteiger partial charge in [0, 0.05) is 121 Å². The lowest BCUT2D eigenvalue weighted by Gasteiger charge is -2.18. The van der Waals surface area contributed by atoms with E-state index >= 15 is 0 Å². The van der Waals surface area contributed by atoms with Crippen molar-refractivity contribution in [3.63, 3.8) is 0 Å². The number of para-hydroxylation sites is 16. The fourth-order valence-corrected chi connectivity index (χ4v) is 23.4. The van der Waals surface area contributed by atoms with Crippen molar-refractivity contribution in [3.8, 4) is 84.6 Å². The number of hydrogen-bond donors (Lipinski definition) is 0. The highest BCUT2D eigenvalue weighted by Crippen LogP contribution is 2.53. The molecular formula is C133H84N8O2. The van der Waals surface area contributed by atoms with Crippen LogP contribution >= 0.6 is 0 Å². The molecule has 0 saturated carbocycles. The Morgan fingerprint density at radius 2 is 0.469 bits per heavy atom. The first-order valence-corrected chi connectivity index (χ1v) is 48.8. The molecule has 9 heterocycles. The molecule has 668 valence electrons. The van der Waals surface area contributed by atoms with E-state index in [0.717, 1.165) is 156 Å². The number of hydrogen-bond acceptors (Lipinski definition) is 3. The molecule has 0 saturated heterocycles. The normalized spacial score (nSPS) is 11.9. The number of fused-ring (bicyclic) bond motifs is 30. The Balaban J connectivity index is 0.000000103. The van der Waals surface area contributed by atoms with Gasteiger partial charge < -0.3 is 36.2 Å². The van der Waals surface area contributed by atoms with Crippen molar-refractivity contribution in [2.24, 2.45) is 0 Å². The number of benzene rings is 22. The summed E-state index contributed by atoms with van der Waals surface area (Å²) in [6.45, 7) is 0. The summed E-state index contributed by atoms with van der Waals surface area (Å²) in [5.74, 6) is 0.928. The van der Waals surface area contributed by atoms with E-state index in [1.165, 1.54) is 115 Å². The molecule has 0 N–H and O–H groups in total. The Morgan fingerprint density at radius 1 is 0.161 bits per heavy atom. The summed E-state index contributed by atoms with van der Waals surface area (Å²) >= 11 is 0. The van der Waals surface area contributed by atoms with Crippen LogP contribution in [0.2, 0.25) is 0 Å². The van der Waals surface area contributed by atoms with Gasteiger partial charge in [-0.25, -0.2) is 4.98 Å². The van der Waals surface area contributed by atoms with Crippen LogP contribution in [0.1, 0.15) is 0 Å². The van der Waals surface area contributed by atoms with Gasteiger partial charge in [-0.2, -0.15) is 0 Å². The number of rotatable bonds is 11. The smallest absolute Gasteiger partial charge is 0.146 e. The van der Waals surface area contributed by atoms with Crippen molar-refractivity contribution in [3.05, 3.63) is 510 Å². The van der Waals surface area contributed by atoms with E-state index in [4.69, 9.17) is 13.8 Å². The average molecular weight is 1830 g/mol. The summed E-state index contributed by atoms with van der Waals surface area (Å²) in [4.78, 5) is 5.25. The second kappa shape index (κ2) is 32.7. The molecule has 0 spiro atoms. The topological polar surface area (TPSA) is 73.7 Å². The van der Waals surface area contributed by atoms with Crippen molar-refractivity contribution in [2.45, 2.75) is 0 Å². The molecule has 31 rings (SSSR count). The van der Waals surface area contributed by atoms with Crippen molar-refractivity contribution in [2.75, 3.05) is 0 Å². The third-order valence-corrected chi connectivity index (χ3v) is 29.3. The molecule has 0 aliphatic carbocycles. The van der Waals surface area contributed by atoms with Crippen LogP contribution in [-0.2, 0) is 0 Å². The lowest BCUT2D eigenvalue weighted by molar-refractivity contribution is 0.672. The molecular weight excluding hydrogens is 1740 g/mol. The molecule has 10 heteroatoms. The third kappa shape index (κ3) is 12.5. The van der Waals surface area contributed by atoms with Gasteiger partial charge in [0.05, 0.1) is 99.4 Å². The zero-order valence-electron chi connectivity index (χ0n) is 77.4. The quantitative estimate of drug-likeness (QED) is 0.130. The summed E-state index contributed by atoms with van der Waals surface area (Å²) in [5.41, 5.74) is 35.9. The van der Waals surface area contributed by atoms with E-state index in [9.17, 15) is 0 Å². The Hall–Kier alpha value is -19.3. The molecule has 31 aromatic rings. The first-order chi connectivity index (χ1) is 71.1. The third-order valence-electron chi connectivity index (χ3n) is 29.3. The number of nitrogens with zero attached hydrogens (tertiary/aromatic N) is 8. The van der Waals surface area contributed by atoms with Crippen LogP contribution in [0.5, 0.6) is 0 Å². The Labute approximate surface area is 820 Å². The van der Waals surface area contributed by atoms with Crippen LogP contribution < -0.4 is 0 Å². The van der Waals surface area contributed by atoms with Gasteiger partial charge in [0.2, 0.25) is 0 Å². The number of imidazole rings is 1. The Morgan fingerprint density at radius 3 is 0.916 bits per heavy atom. The minimum atomic E-state index is 0.905. The largest absolute Gasteiger partial charge is 0.455 e. The zero-order valence-corrected chi connectivity index (χ0v) is 77.4. The van der Waals surface area contributed by atoms with Crippen molar-refractivity contribution < 1.29 is 8.83 Å². The molecule has 0 aliphatic rings. The van der Waals surface area contributed by atoms with Gasteiger partial charge in [-0.05, 0) is 192 Å². The molecule has 0 radical (unpaired) electrons. The van der Waals surface area contributed by atoms with Gasteiger partial charge in [0.25, 0.3) is 0 Å². The molecule has 0 aliphatic heterocycles. The summed E-state index contributed by atoms with van der Waals surface area (Å²) in [6, 6.07) is 182. The average Bonchev–Trinajstić information content (AvgIpc) is 1.50. The maximum atomic E-state index is 6.61. The molecule has 22 aromatic carbocycles. The van der Waals surface area contributed by atoms with Crippen molar-refractivity contribution in [1.29, 1.82) is 0 Å². The first-order valence-electron chi connectivity index (χ1n) is 48.8. The summed E-state index contributed by atoms with van der Waals surface area (Å²) in [5, 5.41) is 19.2. The molecule has 143 heavy (non-hydrogen) atoms.